The van der Waals surface area contributed by atoms with Crippen LogP contribution in [-0.4, -0.2) is 35.0 Å². The maximum absolute atomic E-state index is 11.7. The van der Waals surface area contributed by atoms with Gasteiger partial charge in [-0.25, -0.2) is 9.59 Å². The highest BCUT2D eigenvalue weighted by Gasteiger charge is 2.21. The fourth-order valence-corrected chi connectivity index (χ4v) is 1.49. The summed E-state index contributed by atoms with van der Waals surface area (Å²) in [6.45, 7) is 5.09. The zero-order chi connectivity index (χ0) is 16.2. The van der Waals surface area contributed by atoms with E-state index in [1.54, 1.807) is 20.8 Å². The number of ether oxygens (including phenoxy) is 2. The molecule has 0 heterocycles. The van der Waals surface area contributed by atoms with Crippen LogP contribution in [0.25, 0.3) is 0 Å². The fraction of sp³-hybridized carbons (Fsp3) is 0.429. The maximum Gasteiger partial charge on any atom is 0.412 e. The number of phenols is 1. The first-order chi connectivity index (χ1) is 9.64. The molecule has 0 fully saturated rings. The number of nitrogens with one attached hydrogen (secondary N) is 1. The molecule has 1 rings (SSSR count). The van der Waals surface area contributed by atoms with E-state index in [-0.39, 0.29) is 17.0 Å². The summed E-state index contributed by atoms with van der Waals surface area (Å²) in [6, 6.07) is 3.85. The summed E-state index contributed by atoms with van der Waals surface area (Å²) in [5.74, 6) is -1.06. The van der Waals surface area contributed by atoms with Gasteiger partial charge in [-0.15, -0.1) is 0 Å². The Hall–Kier alpha value is -2.28. The van der Waals surface area contributed by atoms with Crippen LogP contribution in [0.5, 0.6) is 5.75 Å². The van der Waals surface area contributed by atoms with Crippen molar-refractivity contribution in [1.29, 1.82) is 0 Å². The molecule has 0 radical (unpaired) electrons. The van der Waals surface area contributed by atoms with Gasteiger partial charge in [0.05, 0.1) is 12.8 Å². The molecular weight excluding hydrogens is 278 g/mol. The van der Waals surface area contributed by atoms with Gasteiger partial charge in [0.2, 0.25) is 0 Å². The van der Waals surface area contributed by atoms with Gasteiger partial charge in [0.15, 0.2) is 6.10 Å². The number of amides is 1. The number of carbonyl (C=O) groups excluding carboxylic acids is 2. The molecule has 116 valence electrons. The number of esters is 1. The number of aliphatic hydroxyl groups excluding tert-OH is 1. The number of aromatic hydroxyl groups is 1. The lowest BCUT2D eigenvalue weighted by molar-refractivity contribution is -0.150. The molecule has 7 nitrogen and oxygen atoms in total. The van der Waals surface area contributed by atoms with Crippen LogP contribution < -0.4 is 5.32 Å². The number of anilines is 1. The Balaban J connectivity index is 2.93. The Labute approximate surface area is 122 Å². The molecule has 0 spiro atoms. The molecular formula is C14H19NO6. The third-order valence-corrected chi connectivity index (χ3v) is 2.40. The number of benzene rings is 1. The molecule has 0 saturated heterocycles. The van der Waals surface area contributed by atoms with Crippen LogP contribution in [0.2, 0.25) is 0 Å². The molecule has 0 aliphatic carbocycles. The maximum atomic E-state index is 11.7. The van der Waals surface area contributed by atoms with Gasteiger partial charge in [-0.05, 0) is 38.5 Å². The number of aliphatic hydroxyl groups is 1. The van der Waals surface area contributed by atoms with E-state index in [2.05, 4.69) is 10.1 Å². The summed E-state index contributed by atoms with van der Waals surface area (Å²) in [5.41, 5.74) is -0.501. The summed E-state index contributed by atoms with van der Waals surface area (Å²) < 4.78 is 9.47. The van der Waals surface area contributed by atoms with Crippen molar-refractivity contribution in [2.45, 2.75) is 32.5 Å². The first-order valence-electron chi connectivity index (χ1n) is 6.23. The minimum Gasteiger partial charge on any atom is -0.506 e. The van der Waals surface area contributed by atoms with Crippen LogP contribution in [0.15, 0.2) is 18.2 Å². The SMILES string of the molecule is COC(=O)C(O)c1ccc(O)c(NC(=O)OC(C)(C)C)c1. The first kappa shape index (κ1) is 16.8. The van der Waals surface area contributed by atoms with Crippen LogP contribution in [0.4, 0.5) is 10.5 Å². The van der Waals surface area contributed by atoms with Crippen LogP contribution in [-0.2, 0) is 14.3 Å². The lowest BCUT2D eigenvalue weighted by Crippen LogP contribution is -2.27. The Kier molecular flexibility index (Phi) is 5.15. The number of rotatable bonds is 3. The second kappa shape index (κ2) is 6.45. The molecule has 1 atom stereocenters. The molecule has 0 bridgehead atoms. The van der Waals surface area contributed by atoms with E-state index in [1.807, 2.05) is 0 Å². The lowest BCUT2D eigenvalue weighted by Gasteiger charge is -2.20. The number of phenolic OH excluding ortho intramolecular Hbond substituents is 1. The van der Waals surface area contributed by atoms with Gasteiger partial charge in [0.1, 0.15) is 11.4 Å². The van der Waals surface area contributed by atoms with Gasteiger partial charge in [0.25, 0.3) is 0 Å². The largest absolute Gasteiger partial charge is 0.506 e. The van der Waals surface area contributed by atoms with Gasteiger partial charge in [-0.2, -0.15) is 0 Å². The van der Waals surface area contributed by atoms with Crippen LogP contribution in [0.1, 0.15) is 32.4 Å². The normalized spacial score (nSPS) is 12.4. The molecule has 0 aliphatic rings. The first-order valence-corrected chi connectivity index (χ1v) is 6.23. The highest BCUT2D eigenvalue weighted by Crippen LogP contribution is 2.28. The van der Waals surface area contributed by atoms with E-state index >= 15 is 0 Å². The quantitative estimate of drug-likeness (QED) is 0.581. The summed E-state index contributed by atoms with van der Waals surface area (Å²) in [7, 11) is 1.14. The monoisotopic (exact) mass is 297 g/mol. The molecule has 3 N–H and O–H groups in total. The van der Waals surface area contributed by atoms with Gasteiger partial charge in [-0.1, -0.05) is 6.07 Å². The van der Waals surface area contributed by atoms with Crippen molar-refractivity contribution in [3.63, 3.8) is 0 Å². The van der Waals surface area contributed by atoms with Crippen LogP contribution in [0.3, 0.4) is 0 Å². The van der Waals surface area contributed by atoms with Gasteiger partial charge >= 0.3 is 12.1 Å². The summed E-state index contributed by atoms with van der Waals surface area (Å²) in [6.07, 6.45) is -2.27. The Bertz CT molecular complexity index is 535. The van der Waals surface area contributed by atoms with E-state index < -0.39 is 23.8 Å². The third kappa shape index (κ3) is 4.96. The Morgan fingerprint density at radius 2 is 1.90 bits per heavy atom. The molecule has 7 heteroatoms. The van der Waals surface area contributed by atoms with Crippen molar-refractivity contribution in [1.82, 2.24) is 0 Å². The van der Waals surface area contributed by atoms with Crippen molar-refractivity contribution in [2.75, 3.05) is 12.4 Å². The smallest absolute Gasteiger partial charge is 0.412 e. The Morgan fingerprint density at radius 1 is 1.29 bits per heavy atom. The van der Waals surface area contributed by atoms with Crippen molar-refractivity contribution in [3.8, 4) is 5.75 Å². The minimum absolute atomic E-state index is 0.0182. The molecule has 1 aromatic rings. The zero-order valence-electron chi connectivity index (χ0n) is 12.3. The number of hydrogen-bond donors (Lipinski definition) is 3. The number of hydrogen-bond acceptors (Lipinski definition) is 6. The van der Waals surface area contributed by atoms with Gasteiger partial charge in [-0.3, -0.25) is 5.32 Å². The van der Waals surface area contributed by atoms with Gasteiger partial charge in [0, 0.05) is 0 Å². The predicted octanol–water partition coefficient (Wildman–Crippen LogP) is 1.95. The van der Waals surface area contributed by atoms with Crippen molar-refractivity contribution < 1.29 is 29.3 Å². The number of carbonyl (C=O) groups is 2. The lowest BCUT2D eigenvalue weighted by atomic mass is 10.1. The van der Waals surface area contributed by atoms with E-state index in [9.17, 15) is 19.8 Å². The molecule has 21 heavy (non-hydrogen) atoms. The molecule has 0 aromatic heterocycles. The predicted molar refractivity (Wildman–Crippen MR) is 74.9 cm³/mol. The standard InChI is InChI=1S/C14H19NO6/c1-14(2,3)21-13(19)15-9-7-8(5-6-10(9)16)11(17)12(18)20-4/h5-7,11,16-17H,1-4H3,(H,15,19). The summed E-state index contributed by atoms with van der Waals surface area (Å²) in [5, 5.41) is 21.8. The zero-order valence-corrected chi connectivity index (χ0v) is 12.3. The van der Waals surface area contributed by atoms with Crippen molar-refractivity contribution >= 4 is 17.7 Å². The minimum atomic E-state index is -1.50. The summed E-state index contributed by atoms with van der Waals surface area (Å²) in [4.78, 5) is 22.9. The molecule has 1 aromatic carbocycles. The second-order valence-corrected chi connectivity index (χ2v) is 5.33. The molecule has 1 unspecified atom stereocenters. The van der Waals surface area contributed by atoms with Crippen LogP contribution in [0, 0.1) is 0 Å². The molecule has 0 saturated carbocycles. The van der Waals surface area contributed by atoms with Crippen molar-refractivity contribution in [2.24, 2.45) is 0 Å². The third-order valence-electron chi connectivity index (χ3n) is 2.40. The van der Waals surface area contributed by atoms with Gasteiger partial charge < -0.3 is 19.7 Å². The molecule has 1 amide bonds. The highest BCUT2D eigenvalue weighted by molar-refractivity contribution is 5.87. The van der Waals surface area contributed by atoms with E-state index in [4.69, 9.17) is 4.74 Å². The van der Waals surface area contributed by atoms with E-state index in [0.717, 1.165) is 7.11 Å². The average molecular weight is 297 g/mol. The molecule has 0 aliphatic heterocycles. The Morgan fingerprint density at radius 3 is 2.43 bits per heavy atom. The summed E-state index contributed by atoms with van der Waals surface area (Å²) >= 11 is 0. The van der Waals surface area contributed by atoms with E-state index in [1.165, 1.54) is 18.2 Å². The number of methoxy groups -OCH3 is 1. The van der Waals surface area contributed by atoms with Crippen LogP contribution >= 0.6 is 0 Å². The van der Waals surface area contributed by atoms with Crippen molar-refractivity contribution in [3.05, 3.63) is 23.8 Å². The fourth-order valence-electron chi connectivity index (χ4n) is 1.49. The second-order valence-electron chi connectivity index (χ2n) is 5.33. The average Bonchev–Trinajstić information content (AvgIpc) is 2.37. The van der Waals surface area contributed by atoms with E-state index in [0.29, 0.717) is 0 Å². The topological polar surface area (TPSA) is 105 Å². The highest BCUT2D eigenvalue weighted by atomic mass is 16.6.